The standard InChI is InChI=1S/C24H19ClN2O4/c1-31-21-8-3-2-7-20(21)23(29)26-19-10-9-15-13-22(28)27(14-17(15)12-19)24(30)16-5-4-6-18(25)11-16/h2-12H,13-14H2,1H3,(H,26,29). The zero-order valence-electron chi connectivity index (χ0n) is 16.7. The summed E-state index contributed by atoms with van der Waals surface area (Å²) in [5.41, 5.74) is 2.96. The van der Waals surface area contributed by atoms with Crippen LogP contribution in [-0.4, -0.2) is 29.7 Å². The molecule has 0 aromatic heterocycles. The van der Waals surface area contributed by atoms with E-state index in [1.165, 1.54) is 18.1 Å². The SMILES string of the molecule is COc1ccccc1C(=O)Nc1ccc2c(c1)CN(C(=O)c1cccc(Cl)c1)C(=O)C2. The Hall–Kier alpha value is -3.64. The van der Waals surface area contributed by atoms with Gasteiger partial charge in [-0.1, -0.05) is 35.9 Å². The molecule has 7 heteroatoms. The van der Waals surface area contributed by atoms with E-state index in [4.69, 9.17) is 16.3 Å². The molecule has 31 heavy (non-hydrogen) atoms. The number of carbonyl (C=O) groups is 3. The Morgan fingerprint density at radius 3 is 2.58 bits per heavy atom. The molecule has 0 saturated carbocycles. The van der Waals surface area contributed by atoms with Crippen molar-refractivity contribution in [1.82, 2.24) is 4.90 Å². The monoisotopic (exact) mass is 434 g/mol. The van der Waals surface area contributed by atoms with Gasteiger partial charge in [0.05, 0.1) is 25.6 Å². The van der Waals surface area contributed by atoms with Crippen molar-refractivity contribution >= 4 is 35.0 Å². The predicted molar refractivity (Wildman–Crippen MR) is 117 cm³/mol. The molecular weight excluding hydrogens is 416 g/mol. The summed E-state index contributed by atoms with van der Waals surface area (Å²) < 4.78 is 5.25. The van der Waals surface area contributed by atoms with E-state index in [9.17, 15) is 14.4 Å². The molecule has 3 aromatic carbocycles. The number of halogens is 1. The predicted octanol–water partition coefficient (Wildman–Crippen LogP) is 4.33. The maximum absolute atomic E-state index is 12.9. The van der Waals surface area contributed by atoms with Gasteiger partial charge in [-0.25, -0.2) is 0 Å². The van der Waals surface area contributed by atoms with Crippen LogP contribution in [0.15, 0.2) is 66.7 Å². The number of carbonyl (C=O) groups excluding carboxylic acids is 3. The first-order valence-electron chi connectivity index (χ1n) is 9.62. The van der Waals surface area contributed by atoms with E-state index in [1.54, 1.807) is 60.7 Å². The first-order chi connectivity index (χ1) is 15.0. The van der Waals surface area contributed by atoms with Gasteiger partial charge in [-0.05, 0) is 53.6 Å². The zero-order chi connectivity index (χ0) is 22.0. The molecule has 0 bridgehead atoms. The van der Waals surface area contributed by atoms with Crippen LogP contribution in [0.1, 0.15) is 31.8 Å². The lowest BCUT2D eigenvalue weighted by Gasteiger charge is -2.27. The van der Waals surface area contributed by atoms with Gasteiger partial charge in [0.2, 0.25) is 5.91 Å². The lowest BCUT2D eigenvalue weighted by molar-refractivity contribution is -0.129. The number of para-hydroxylation sites is 1. The van der Waals surface area contributed by atoms with Gasteiger partial charge in [0.1, 0.15) is 5.75 Å². The third-order valence-corrected chi connectivity index (χ3v) is 5.34. The Labute approximate surface area is 184 Å². The second-order valence-corrected chi connectivity index (χ2v) is 7.55. The van der Waals surface area contributed by atoms with Gasteiger partial charge in [-0.3, -0.25) is 19.3 Å². The van der Waals surface area contributed by atoms with E-state index in [0.717, 1.165) is 11.1 Å². The summed E-state index contributed by atoms with van der Waals surface area (Å²) in [6.07, 6.45) is 0.113. The van der Waals surface area contributed by atoms with Crippen LogP contribution in [0.2, 0.25) is 5.02 Å². The highest BCUT2D eigenvalue weighted by Gasteiger charge is 2.29. The van der Waals surface area contributed by atoms with Crippen LogP contribution >= 0.6 is 11.6 Å². The van der Waals surface area contributed by atoms with E-state index in [-0.39, 0.29) is 24.8 Å². The Balaban J connectivity index is 1.56. The first kappa shape index (κ1) is 20.6. The van der Waals surface area contributed by atoms with Gasteiger partial charge >= 0.3 is 0 Å². The third kappa shape index (κ3) is 4.29. The lowest BCUT2D eigenvalue weighted by Crippen LogP contribution is -2.40. The summed E-state index contributed by atoms with van der Waals surface area (Å²) in [6.45, 7) is 0.123. The highest BCUT2D eigenvalue weighted by atomic mass is 35.5. The molecule has 4 rings (SSSR count). The summed E-state index contributed by atoms with van der Waals surface area (Å²) >= 11 is 5.98. The minimum absolute atomic E-state index is 0.113. The highest BCUT2D eigenvalue weighted by molar-refractivity contribution is 6.31. The molecule has 0 fully saturated rings. The Kier molecular flexibility index (Phi) is 5.73. The van der Waals surface area contributed by atoms with Gasteiger partial charge in [0.25, 0.3) is 11.8 Å². The second kappa shape index (κ2) is 8.62. The molecule has 0 spiro atoms. The van der Waals surface area contributed by atoms with Crippen LogP contribution < -0.4 is 10.1 Å². The molecule has 1 heterocycles. The Bertz CT molecular complexity index is 1190. The summed E-state index contributed by atoms with van der Waals surface area (Å²) in [5, 5.41) is 3.28. The summed E-state index contributed by atoms with van der Waals surface area (Å²) in [5.74, 6) is -0.511. The van der Waals surface area contributed by atoms with E-state index < -0.39 is 5.91 Å². The molecule has 1 aliphatic heterocycles. The fourth-order valence-electron chi connectivity index (χ4n) is 3.53. The minimum atomic E-state index is -0.401. The van der Waals surface area contributed by atoms with Crippen molar-refractivity contribution in [2.24, 2.45) is 0 Å². The van der Waals surface area contributed by atoms with Crippen molar-refractivity contribution in [3.8, 4) is 5.75 Å². The molecule has 3 amide bonds. The van der Waals surface area contributed by atoms with Crippen LogP contribution in [0.5, 0.6) is 5.75 Å². The fraction of sp³-hybridized carbons (Fsp3) is 0.125. The molecule has 0 unspecified atom stereocenters. The van der Waals surface area contributed by atoms with Gasteiger partial charge in [-0.2, -0.15) is 0 Å². The van der Waals surface area contributed by atoms with Crippen LogP contribution in [0.4, 0.5) is 5.69 Å². The van der Waals surface area contributed by atoms with Crippen molar-refractivity contribution in [1.29, 1.82) is 0 Å². The van der Waals surface area contributed by atoms with E-state index in [1.807, 2.05) is 0 Å². The maximum atomic E-state index is 12.9. The second-order valence-electron chi connectivity index (χ2n) is 7.11. The molecule has 0 radical (unpaired) electrons. The molecule has 0 aliphatic carbocycles. The molecule has 0 saturated heterocycles. The average Bonchev–Trinajstić information content (AvgIpc) is 2.78. The van der Waals surface area contributed by atoms with Crippen LogP contribution in [0, 0.1) is 0 Å². The maximum Gasteiger partial charge on any atom is 0.260 e. The first-order valence-corrected chi connectivity index (χ1v) is 10.0. The van der Waals surface area contributed by atoms with Gasteiger partial charge in [0, 0.05) is 16.3 Å². The van der Waals surface area contributed by atoms with Crippen LogP contribution in [-0.2, 0) is 17.8 Å². The molecule has 156 valence electrons. The number of anilines is 1. The van der Waals surface area contributed by atoms with Crippen molar-refractivity contribution < 1.29 is 19.1 Å². The number of hydrogen-bond donors (Lipinski definition) is 1. The van der Waals surface area contributed by atoms with Crippen molar-refractivity contribution in [3.63, 3.8) is 0 Å². The zero-order valence-corrected chi connectivity index (χ0v) is 17.5. The summed E-state index contributed by atoms with van der Waals surface area (Å²) in [6, 6.07) is 18.8. The number of ether oxygens (including phenoxy) is 1. The minimum Gasteiger partial charge on any atom is -0.496 e. The van der Waals surface area contributed by atoms with Crippen molar-refractivity contribution in [3.05, 3.63) is 94.0 Å². The topological polar surface area (TPSA) is 75.7 Å². The summed E-state index contributed by atoms with van der Waals surface area (Å²) in [4.78, 5) is 39.3. The quantitative estimate of drug-likeness (QED) is 0.620. The fourth-order valence-corrected chi connectivity index (χ4v) is 3.72. The largest absolute Gasteiger partial charge is 0.496 e. The third-order valence-electron chi connectivity index (χ3n) is 5.10. The number of rotatable bonds is 4. The number of nitrogens with zero attached hydrogens (tertiary/aromatic N) is 1. The number of methoxy groups -OCH3 is 1. The average molecular weight is 435 g/mol. The number of imide groups is 1. The number of fused-ring (bicyclic) bond motifs is 1. The number of amides is 3. The highest BCUT2D eigenvalue weighted by Crippen LogP contribution is 2.26. The lowest BCUT2D eigenvalue weighted by atomic mass is 9.97. The molecule has 6 nitrogen and oxygen atoms in total. The molecule has 1 aliphatic rings. The Morgan fingerprint density at radius 2 is 1.81 bits per heavy atom. The molecule has 0 atom stereocenters. The van der Waals surface area contributed by atoms with Crippen molar-refractivity contribution in [2.45, 2.75) is 13.0 Å². The number of benzene rings is 3. The van der Waals surface area contributed by atoms with Crippen molar-refractivity contribution in [2.75, 3.05) is 12.4 Å². The normalized spacial score (nSPS) is 12.8. The molecular formula is C24H19ClN2O4. The molecule has 3 aromatic rings. The van der Waals surface area contributed by atoms with E-state index in [2.05, 4.69) is 5.32 Å². The van der Waals surface area contributed by atoms with E-state index >= 15 is 0 Å². The summed E-state index contributed by atoms with van der Waals surface area (Å²) in [7, 11) is 1.51. The number of hydrogen-bond acceptors (Lipinski definition) is 4. The van der Waals surface area contributed by atoms with E-state index in [0.29, 0.717) is 27.6 Å². The number of nitrogens with one attached hydrogen (secondary N) is 1. The smallest absolute Gasteiger partial charge is 0.260 e. The van der Waals surface area contributed by atoms with Gasteiger partial charge in [-0.15, -0.1) is 0 Å². The van der Waals surface area contributed by atoms with Gasteiger partial charge in [0.15, 0.2) is 0 Å². The molecule has 1 N–H and O–H groups in total. The Morgan fingerprint density at radius 1 is 1.00 bits per heavy atom. The van der Waals surface area contributed by atoms with Crippen LogP contribution in [0.3, 0.4) is 0 Å². The van der Waals surface area contributed by atoms with Crippen LogP contribution in [0.25, 0.3) is 0 Å². The van der Waals surface area contributed by atoms with Gasteiger partial charge < -0.3 is 10.1 Å².